The van der Waals surface area contributed by atoms with Gasteiger partial charge in [-0.2, -0.15) is 11.8 Å². The van der Waals surface area contributed by atoms with Gasteiger partial charge in [0, 0.05) is 31.7 Å². The maximum Gasteiger partial charge on any atom is 0.0244 e. The van der Waals surface area contributed by atoms with E-state index in [1.807, 2.05) is 11.8 Å². The van der Waals surface area contributed by atoms with Crippen LogP contribution in [0.25, 0.3) is 0 Å². The van der Waals surface area contributed by atoms with Crippen molar-refractivity contribution >= 4 is 11.8 Å². The summed E-state index contributed by atoms with van der Waals surface area (Å²) in [4.78, 5) is 2.70. The van der Waals surface area contributed by atoms with Gasteiger partial charge in [-0.3, -0.25) is 4.90 Å². The highest BCUT2D eigenvalue weighted by Crippen LogP contribution is 2.18. The van der Waals surface area contributed by atoms with Gasteiger partial charge in [-0.25, -0.2) is 0 Å². The summed E-state index contributed by atoms with van der Waals surface area (Å²) in [7, 11) is 0. The van der Waals surface area contributed by atoms with Crippen LogP contribution in [0.15, 0.2) is 0 Å². The molecule has 0 aromatic carbocycles. The molecule has 3 atom stereocenters. The van der Waals surface area contributed by atoms with Crippen LogP contribution in [-0.4, -0.2) is 48.6 Å². The van der Waals surface area contributed by atoms with Crippen LogP contribution >= 0.6 is 11.8 Å². The van der Waals surface area contributed by atoms with E-state index in [1.165, 1.54) is 18.8 Å². The molecular weight excluding hydrogens is 216 g/mol. The van der Waals surface area contributed by atoms with Gasteiger partial charge < -0.3 is 5.32 Å². The fourth-order valence-corrected chi connectivity index (χ4v) is 3.28. The Balaban J connectivity index is 2.50. The molecule has 0 radical (unpaired) electrons. The highest BCUT2D eigenvalue weighted by molar-refractivity contribution is 7.98. The Morgan fingerprint density at radius 1 is 1.38 bits per heavy atom. The van der Waals surface area contributed by atoms with E-state index < -0.39 is 0 Å². The molecule has 96 valence electrons. The molecule has 3 heteroatoms. The second-order valence-electron chi connectivity index (χ2n) is 5.64. The van der Waals surface area contributed by atoms with E-state index in [0.29, 0.717) is 6.04 Å². The highest BCUT2D eigenvalue weighted by atomic mass is 32.2. The Morgan fingerprint density at radius 2 is 2.06 bits per heavy atom. The highest BCUT2D eigenvalue weighted by Gasteiger charge is 2.28. The van der Waals surface area contributed by atoms with Crippen LogP contribution in [0, 0.1) is 11.8 Å². The molecule has 0 aliphatic carbocycles. The third kappa shape index (κ3) is 4.27. The number of nitrogens with one attached hydrogen (secondary N) is 1. The van der Waals surface area contributed by atoms with Gasteiger partial charge in [-0.15, -0.1) is 0 Å². The first-order valence-electron chi connectivity index (χ1n) is 6.51. The number of rotatable bonds is 5. The summed E-state index contributed by atoms with van der Waals surface area (Å²) >= 11 is 1.97. The van der Waals surface area contributed by atoms with Crippen molar-refractivity contribution in [3.8, 4) is 0 Å². The lowest BCUT2D eigenvalue weighted by Crippen LogP contribution is -2.58. The first-order valence-corrected chi connectivity index (χ1v) is 7.90. The molecule has 0 spiro atoms. The standard InChI is InChI=1S/C13H28N2S/c1-10(2)13-6-14-12(4)8-15(13)7-11(3)9-16-5/h10-14H,6-9H2,1-5H3. The van der Waals surface area contributed by atoms with Crippen molar-refractivity contribution in [3.63, 3.8) is 0 Å². The SMILES string of the molecule is CSCC(C)CN1CC(C)NCC1C(C)C. The summed E-state index contributed by atoms with van der Waals surface area (Å²) in [6, 6.07) is 1.37. The second kappa shape index (κ2) is 6.87. The molecule has 0 aromatic heterocycles. The molecule has 1 aliphatic rings. The number of piperazine rings is 1. The third-order valence-electron chi connectivity index (χ3n) is 3.42. The number of hydrogen-bond donors (Lipinski definition) is 1. The molecule has 1 saturated heterocycles. The zero-order valence-corrected chi connectivity index (χ0v) is 12.3. The number of thioether (sulfide) groups is 1. The molecule has 1 N–H and O–H groups in total. The largest absolute Gasteiger partial charge is 0.311 e. The van der Waals surface area contributed by atoms with Gasteiger partial charge in [0.2, 0.25) is 0 Å². The minimum absolute atomic E-state index is 0.650. The van der Waals surface area contributed by atoms with E-state index in [0.717, 1.165) is 24.4 Å². The maximum absolute atomic E-state index is 3.60. The summed E-state index contributed by atoms with van der Waals surface area (Å²) in [5, 5.41) is 3.60. The van der Waals surface area contributed by atoms with E-state index in [2.05, 4.69) is 44.2 Å². The molecular formula is C13H28N2S. The quantitative estimate of drug-likeness (QED) is 0.799. The first kappa shape index (κ1) is 14.3. The smallest absolute Gasteiger partial charge is 0.0244 e. The zero-order valence-electron chi connectivity index (χ0n) is 11.5. The Bertz CT molecular complexity index is 196. The molecule has 1 heterocycles. The van der Waals surface area contributed by atoms with Crippen molar-refractivity contribution in [3.05, 3.63) is 0 Å². The van der Waals surface area contributed by atoms with Crippen LogP contribution in [0.1, 0.15) is 27.7 Å². The van der Waals surface area contributed by atoms with Crippen molar-refractivity contribution in [2.45, 2.75) is 39.8 Å². The minimum atomic E-state index is 0.650. The molecule has 0 saturated carbocycles. The molecule has 0 bridgehead atoms. The molecule has 1 fully saturated rings. The lowest BCUT2D eigenvalue weighted by atomic mass is 9.97. The van der Waals surface area contributed by atoms with Crippen LogP contribution in [0.4, 0.5) is 0 Å². The number of hydrogen-bond acceptors (Lipinski definition) is 3. The van der Waals surface area contributed by atoms with Crippen LogP contribution in [0.2, 0.25) is 0 Å². The lowest BCUT2D eigenvalue weighted by Gasteiger charge is -2.42. The van der Waals surface area contributed by atoms with Gasteiger partial charge in [-0.1, -0.05) is 20.8 Å². The Hall–Kier alpha value is 0.270. The zero-order chi connectivity index (χ0) is 12.1. The Morgan fingerprint density at radius 3 is 2.62 bits per heavy atom. The van der Waals surface area contributed by atoms with Gasteiger partial charge in [0.05, 0.1) is 0 Å². The van der Waals surface area contributed by atoms with Crippen molar-refractivity contribution in [2.24, 2.45) is 11.8 Å². The fourth-order valence-electron chi connectivity index (χ4n) is 2.61. The van der Waals surface area contributed by atoms with Crippen LogP contribution < -0.4 is 5.32 Å². The van der Waals surface area contributed by atoms with Crippen molar-refractivity contribution < 1.29 is 0 Å². The average molecular weight is 244 g/mol. The predicted octanol–water partition coefficient (Wildman–Crippen LogP) is 2.30. The Labute approximate surface area is 106 Å². The fraction of sp³-hybridized carbons (Fsp3) is 1.00. The summed E-state index contributed by atoms with van der Waals surface area (Å²) in [5.74, 6) is 2.84. The summed E-state index contributed by atoms with van der Waals surface area (Å²) in [6.07, 6.45) is 2.21. The second-order valence-corrected chi connectivity index (χ2v) is 6.55. The third-order valence-corrected chi connectivity index (χ3v) is 4.32. The molecule has 1 rings (SSSR count). The van der Waals surface area contributed by atoms with E-state index in [4.69, 9.17) is 0 Å². The molecule has 3 unspecified atom stereocenters. The molecule has 1 aliphatic heterocycles. The van der Waals surface area contributed by atoms with Crippen molar-refractivity contribution in [1.82, 2.24) is 10.2 Å². The van der Waals surface area contributed by atoms with Gasteiger partial charge in [0.15, 0.2) is 0 Å². The van der Waals surface area contributed by atoms with Crippen LogP contribution in [0.5, 0.6) is 0 Å². The topological polar surface area (TPSA) is 15.3 Å². The monoisotopic (exact) mass is 244 g/mol. The normalized spacial score (nSPS) is 29.6. The average Bonchev–Trinajstić information content (AvgIpc) is 2.17. The molecule has 0 amide bonds. The van der Waals surface area contributed by atoms with E-state index >= 15 is 0 Å². The number of nitrogens with zero attached hydrogens (tertiary/aromatic N) is 1. The summed E-state index contributed by atoms with van der Waals surface area (Å²) in [6.45, 7) is 13.0. The van der Waals surface area contributed by atoms with E-state index in [1.54, 1.807) is 0 Å². The van der Waals surface area contributed by atoms with Crippen molar-refractivity contribution in [1.29, 1.82) is 0 Å². The first-order chi connectivity index (χ1) is 7.54. The van der Waals surface area contributed by atoms with Gasteiger partial charge in [0.1, 0.15) is 0 Å². The van der Waals surface area contributed by atoms with Crippen LogP contribution in [0.3, 0.4) is 0 Å². The lowest BCUT2D eigenvalue weighted by molar-refractivity contribution is 0.0913. The van der Waals surface area contributed by atoms with Crippen LogP contribution in [-0.2, 0) is 0 Å². The van der Waals surface area contributed by atoms with Crippen molar-refractivity contribution in [2.75, 3.05) is 31.6 Å². The molecule has 0 aromatic rings. The van der Waals surface area contributed by atoms with E-state index in [9.17, 15) is 0 Å². The summed E-state index contributed by atoms with van der Waals surface area (Å²) in [5.41, 5.74) is 0. The van der Waals surface area contributed by atoms with E-state index in [-0.39, 0.29) is 0 Å². The minimum Gasteiger partial charge on any atom is -0.311 e. The molecule has 2 nitrogen and oxygen atoms in total. The van der Waals surface area contributed by atoms with Gasteiger partial charge >= 0.3 is 0 Å². The predicted molar refractivity (Wildman–Crippen MR) is 75.2 cm³/mol. The van der Waals surface area contributed by atoms with Gasteiger partial charge in [0.25, 0.3) is 0 Å². The summed E-state index contributed by atoms with van der Waals surface area (Å²) < 4.78 is 0. The Kier molecular flexibility index (Phi) is 6.16. The van der Waals surface area contributed by atoms with Gasteiger partial charge in [-0.05, 0) is 30.8 Å². The molecule has 16 heavy (non-hydrogen) atoms. The maximum atomic E-state index is 3.60.